The zero-order valence-corrected chi connectivity index (χ0v) is 13.0. The lowest BCUT2D eigenvalue weighted by atomic mass is 9.94. The topological polar surface area (TPSA) is 24.9 Å². The van der Waals surface area contributed by atoms with E-state index in [-0.39, 0.29) is 11.9 Å². The van der Waals surface area contributed by atoms with Crippen molar-refractivity contribution >= 4 is 0 Å². The summed E-state index contributed by atoms with van der Waals surface area (Å²) in [7, 11) is 0. The predicted molar refractivity (Wildman–Crippen MR) is 84.8 cm³/mol. The van der Waals surface area contributed by atoms with Crippen molar-refractivity contribution in [3.8, 4) is 0 Å². The highest BCUT2D eigenvalue weighted by molar-refractivity contribution is 5.35. The summed E-state index contributed by atoms with van der Waals surface area (Å²) in [6.07, 6.45) is 3.42. The summed E-state index contributed by atoms with van der Waals surface area (Å²) < 4.78 is 14.1. The number of aryl methyl sites for hydroxylation is 2. The highest BCUT2D eigenvalue weighted by Gasteiger charge is 2.18. The molecular weight excluding hydrogens is 263 g/mol. The molecule has 0 aliphatic heterocycles. The van der Waals surface area contributed by atoms with Crippen LogP contribution in [0.4, 0.5) is 4.39 Å². The maximum Gasteiger partial charge on any atom is 0.146 e. The molecule has 1 N–H and O–H groups in total. The molecule has 2 rings (SSSR count). The number of hydrogen-bond donors (Lipinski definition) is 1. The van der Waals surface area contributed by atoms with Crippen LogP contribution in [0, 0.1) is 19.7 Å². The lowest BCUT2D eigenvalue weighted by Gasteiger charge is -2.21. The Kier molecular flexibility index (Phi) is 5.45. The Hall–Kier alpha value is -1.74. The zero-order chi connectivity index (χ0) is 15.2. The molecular formula is C18H23FN2. The van der Waals surface area contributed by atoms with E-state index in [9.17, 15) is 4.39 Å². The number of hydrogen-bond acceptors (Lipinski definition) is 2. The standard InChI is InChI=1S/C18H23FN2/c1-4-10-20-17(18-16(19)9-6-11-21-18)12-15-13(2)7-5-8-14(15)3/h5-9,11,17,20H,4,10,12H2,1-3H3. The van der Waals surface area contributed by atoms with Gasteiger partial charge in [-0.1, -0.05) is 25.1 Å². The van der Waals surface area contributed by atoms with E-state index >= 15 is 0 Å². The lowest BCUT2D eigenvalue weighted by Crippen LogP contribution is -2.26. The molecule has 0 aliphatic rings. The maximum atomic E-state index is 14.1. The molecule has 3 heteroatoms. The van der Waals surface area contributed by atoms with Crippen LogP contribution in [-0.2, 0) is 6.42 Å². The molecule has 1 heterocycles. The minimum Gasteiger partial charge on any atom is -0.308 e. The van der Waals surface area contributed by atoms with Gasteiger partial charge in [-0.15, -0.1) is 0 Å². The van der Waals surface area contributed by atoms with Crippen molar-refractivity contribution < 1.29 is 4.39 Å². The number of rotatable bonds is 6. The molecule has 0 aliphatic carbocycles. The first-order chi connectivity index (χ1) is 10.1. The molecule has 0 bridgehead atoms. The molecule has 1 aromatic heterocycles. The van der Waals surface area contributed by atoms with Crippen LogP contribution in [0.15, 0.2) is 36.5 Å². The highest BCUT2D eigenvalue weighted by Crippen LogP contribution is 2.23. The summed E-state index contributed by atoms with van der Waals surface area (Å²) in [5, 5.41) is 3.43. The van der Waals surface area contributed by atoms with E-state index in [1.165, 1.54) is 22.8 Å². The van der Waals surface area contributed by atoms with Crippen LogP contribution in [0.3, 0.4) is 0 Å². The van der Waals surface area contributed by atoms with Crippen molar-refractivity contribution in [2.75, 3.05) is 6.54 Å². The molecule has 0 spiro atoms. The minimum atomic E-state index is -0.239. The summed E-state index contributed by atoms with van der Waals surface area (Å²) in [5.74, 6) is -0.239. The van der Waals surface area contributed by atoms with Crippen LogP contribution >= 0.6 is 0 Å². The molecule has 1 aromatic carbocycles. The van der Waals surface area contributed by atoms with Crippen LogP contribution < -0.4 is 5.32 Å². The number of pyridine rings is 1. The Labute approximate surface area is 126 Å². The number of nitrogens with one attached hydrogen (secondary N) is 1. The molecule has 0 fully saturated rings. The van der Waals surface area contributed by atoms with Gasteiger partial charge >= 0.3 is 0 Å². The fraction of sp³-hybridized carbons (Fsp3) is 0.389. The molecule has 2 aromatic rings. The first kappa shape index (κ1) is 15.6. The number of aromatic nitrogens is 1. The van der Waals surface area contributed by atoms with Gasteiger partial charge in [0.1, 0.15) is 5.82 Å². The SMILES string of the molecule is CCCNC(Cc1c(C)cccc1C)c1ncccc1F. The van der Waals surface area contributed by atoms with Crippen molar-refractivity contribution in [1.29, 1.82) is 0 Å². The maximum absolute atomic E-state index is 14.1. The lowest BCUT2D eigenvalue weighted by molar-refractivity contribution is 0.481. The molecule has 0 saturated heterocycles. The van der Waals surface area contributed by atoms with Crippen LogP contribution in [0.1, 0.15) is 41.8 Å². The average molecular weight is 286 g/mol. The number of benzene rings is 1. The smallest absolute Gasteiger partial charge is 0.146 e. The van der Waals surface area contributed by atoms with Crippen LogP contribution in [0.25, 0.3) is 0 Å². The average Bonchev–Trinajstić information content (AvgIpc) is 2.47. The Bertz CT molecular complexity index is 575. The predicted octanol–water partition coefficient (Wildman–Crippen LogP) is 4.12. The van der Waals surface area contributed by atoms with Gasteiger partial charge < -0.3 is 5.32 Å². The fourth-order valence-corrected chi connectivity index (χ4v) is 2.61. The summed E-state index contributed by atoms with van der Waals surface area (Å²) in [4.78, 5) is 4.25. The van der Waals surface area contributed by atoms with Gasteiger partial charge in [-0.3, -0.25) is 4.98 Å². The molecule has 21 heavy (non-hydrogen) atoms. The molecule has 0 radical (unpaired) electrons. The second-order valence-electron chi connectivity index (χ2n) is 5.45. The van der Waals surface area contributed by atoms with Crippen LogP contribution in [0.2, 0.25) is 0 Å². The van der Waals surface area contributed by atoms with Gasteiger partial charge in [0.2, 0.25) is 0 Å². The monoisotopic (exact) mass is 286 g/mol. The number of nitrogens with zero attached hydrogens (tertiary/aromatic N) is 1. The van der Waals surface area contributed by atoms with Gasteiger partial charge in [0.05, 0.1) is 11.7 Å². The van der Waals surface area contributed by atoms with Gasteiger partial charge in [-0.05, 0) is 62.1 Å². The fourth-order valence-electron chi connectivity index (χ4n) is 2.61. The van der Waals surface area contributed by atoms with Crippen molar-refractivity contribution in [3.63, 3.8) is 0 Å². The molecule has 112 valence electrons. The van der Waals surface area contributed by atoms with Crippen molar-refractivity contribution in [1.82, 2.24) is 10.3 Å². The summed E-state index contributed by atoms with van der Waals surface area (Å²) in [5.41, 5.74) is 4.27. The molecule has 0 amide bonds. The summed E-state index contributed by atoms with van der Waals surface area (Å²) >= 11 is 0. The van der Waals surface area contributed by atoms with E-state index in [2.05, 4.69) is 49.3 Å². The Morgan fingerprint density at radius 3 is 2.48 bits per heavy atom. The first-order valence-corrected chi connectivity index (χ1v) is 7.52. The van der Waals surface area contributed by atoms with Crippen molar-refractivity contribution in [2.24, 2.45) is 0 Å². The van der Waals surface area contributed by atoms with Crippen LogP contribution in [-0.4, -0.2) is 11.5 Å². The van der Waals surface area contributed by atoms with Crippen molar-refractivity contribution in [3.05, 3.63) is 64.7 Å². The molecule has 1 atom stereocenters. The Balaban J connectivity index is 2.31. The van der Waals surface area contributed by atoms with Gasteiger partial charge in [-0.25, -0.2) is 4.39 Å². The summed E-state index contributed by atoms with van der Waals surface area (Å²) in [6, 6.07) is 9.29. The van der Waals surface area contributed by atoms with E-state index in [0.717, 1.165) is 19.4 Å². The molecule has 2 nitrogen and oxygen atoms in total. The number of halogens is 1. The van der Waals surface area contributed by atoms with E-state index in [1.54, 1.807) is 12.3 Å². The van der Waals surface area contributed by atoms with E-state index in [0.29, 0.717) is 5.69 Å². The largest absolute Gasteiger partial charge is 0.308 e. The molecule has 0 saturated carbocycles. The third-order valence-corrected chi connectivity index (χ3v) is 3.81. The van der Waals surface area contributed by atoms with Crippen LogP contribution in [0.5, 0.6) is 0 Å². The second kappa shape index (κ2) is 7.32. The van der Waals surface area contributed by atoms with E-state index < -0.39 is 0 Å². The van der Waals surface area contributed by atoms with Gasteiger partial charge in [0.25, 0.3) is 0 Å². The third-order valence-electron chi connectivity index (χ3n) is 3.81. The molecule has 1 unspecified atom stereocenters. The minimum absolute atomic E-state index is 0.0917. The van der Waals surface area contributed by atoms with E-state index in [4.69, 9.17) is 0 Å². The first-order valence-electron chi connectivity index (χ1n) is 7.52. The Morgan fingerprint density at radius 2 is 1.86 bits per heavy atom. The second-order valence-corrected chi connectivity index (χ2v) is 5.45. The van der Waals surface area contributed by atoms with Gasteiger partial charge in [0.15, 0.2) is 0 Å². The van der Waals surface area contributed by atoms with E-state index in [1.807, 2.05) is 0 Å². The Morgan fingerprint density at radius 1 is 1.14 bits per heavy atom. The quantitative estimate of drug-likeness (QED) is 0.864. The van der Waals surface area contributed by atoms with Gasteiger partial charge in [0, 0.05) is 6.20 Å². The third kappa shape index (κ3) is 3.88. The van der Waals surface area contributed by atoms with Crippen molar-refractivity contribution in [2.45, 2.75) is 39.7 Å². The van der Waals surface area contributed by atoms with Gasteiger partial charge in [-0.2, -0.15) is 0 Å². The normalized spacial score (nSPS) is 12.4. The zero-order valence-electron chi connectivity index (χ0n) is 13.0. The summed E-state index contributed by atoms with van der Waals surface area (Å²) in [6.45, 7) is 7.17. The highest BCUT2D eigenvalue weighted by atomic mass is 19.1.